The van der Waals surface area contributed by atoms with E-state index in [2.05, 4.69) is 14.9 Å². The molecule has 0 radical (unpaired) electrons. The summed E-state index contributed by atoms with van der Waals surface area (Å²) in [5.41, 5.74) is 1.16. The third-order valence-electron chi connectivity index (χ3n) is 5.06. The molecular formula is C19H23F2N3O2. The summed E-state index contributed by atoms with van der Waals surface area (Å²) in [5, 5.41) is 0. The molecule has 1 atom stereocenters. The zero-order valence-electron chi connectivity index (χ0n) is 14.8. The Morgan fingerprint density at radius 1 is 1.19 bits per heavy atom. The van der Waals surface area contributed by atoms with E-state index in [1.54, 1.807) is 13.0 Å². The van der Waals surface area contributed by atoms with Crippen molar-refractivity contribution in [2.24, 2.45) is 5.92 Å². The van der Waals surface area contributed by atoms with Gasteiger partial charge in [-0.2, -0.15) is 0 Å². The molecule has 0 amide bonds. The van der Waals surface area contributed by atoms with Crippen molar-refractivity contribution in [3.05, 3.63) is 67.5 Å². The first kappa shape index (κ1) is 18.5. The smallest absolute Gasteiger partial charge is 0.311 e. The number of H-pyrrole nitrogens is 2. The maximum absolute atomic E-state index is 13.3. The van der Waals surface area contributed by atoms with Crippen LogP contribution in [0.25, 0.3) is 0 Å². The number of benzene rings is 1. The minimum atomic E-state index is -0.820. The number of rotatable bonds is 5. The molecule has 3 rings (SSSR count). The Morgan fingerprint density at radius 2 is 2.00 bits per heavy atom. The van der Waals surface area contributed by atoms with Crippen molar-refractivity contribution in [1.82, 2.24) is 14.9 Å². The minimum absolute atomic E-state index is 0.338. The van der Waals surface area contributed by atoms with Crippen molar-refractivity contribution >= 4 is 0 Å². The van der Waals surface area contributed by atoms with Crippen LogP contribution in [0.5, 0.6) is 0 Å². The molecule has 2 heterocycles. The van der Waals surface area contributed by atoms with Gasteiger partial charge >= 0.3 is 5.69 Å². The summed E-state index contributed by atoms with van der Waals surface area (Å²) in [5.74, 6) is -1.18. The second-order valence-electron chi connectivity index (χ2n) is 7.04. The number of aromatic amines is 2. The molecule has 0 spiro atoms. The standard InChI is InChI=1S/C19H23F2N3O2/c1-12-15(18(25)23-19(26)22-12)11-24-8-2-3-14(10-24)5-4-13-6-7-16(20)17(21)9-13/h6-7,9,14H,2-5,8,10-11H2,1H3,(H2,22,23,25,26)/t14-/m1/s1. The second kappa shape index (κ2) is 7.95. The van der Waals surface area contributed by atoms with E-state index >= 15 is 0 Å². The fourth-order valence-corrected chi connectivity index (χ4v) is 3.64. The van der Waals surface area contributed by atoms with Gasteiger partial charge in [0.25, 0.3) is 5.56 Å². The molecule has 1 aliphatic heterocycles. The number of hydrogen-bond acceptors (Lipinski definition) is 3. The Labute approximate surface area is 150 Å². The number of aryl methyl sites for hydroxylation is 2. The van der Waals surface area contributed by atoms with Crippen LogP contribution in [-0.4, -0.2) is 28.0 Å². The molecule has 5 nitrogen and oxygen atoms in total. The molecule has 26 heavy (non-hydrogen) atoms. The van der Waals surface area contributed by atoms with Gasteiger partial charge in [0, 0.05) is 18.8 Å². The third kappa shape index (κ3) is 4.46. The Morgan fingerprint density at radius 3 is 2.73 bits per heavy atom. The lowest BCUT2D eigenvalue weighted by Crippen LogP contribution is -2.38. The van der Waals surface area contributed by atoms with Crippen LogP contribution in [0.15, 0.2) is 27.8 Å². The number of piperidine rings is 1. The van der Waals surface area contributed by atoms with Crippen LogP contribution in [0.3, 0.4) is 0 Å². The van der Waals surface area contributed by atoms with E-state index in [0.717, 1.165) is 37.9 Å². The molecular weight excluding hydrogens is 340 g/mol. The van der Waals surface area contributed by atoms with Crippen LogP contribution in [0.2, 0.25) is 0 Å². The fraction of sp³-hybridized carbons (Fsp3) is 0.474. The average molecular weight is 363 g/mol. The molecule has 2 N–H and O–H groups in total. The van der Waals surface area contributed by atoms with Crippen molar-refractivity contribution in [1.29, 1.82) is 0 Å². The van der Waals surface area contributed by atoms with Crippen LogP contribution >= 0.6 is 0 Å². The quantitative estimate of drug-likeness (QED) is 0.858. The summed E-state index contributed by atoms with van der Waals surface area (Å²) >= 11 is 0. The highest BCUT2D eigenvalue weighted by Gasteiger charge is 2.21. The highest BCUT2D eigenvalue weighted by atomic mass is 19.2. The van der Waals surface area contributed by atoms with Crippen LogP contribution in [0.1, 0.15) is 36.1 Å². The molecule has 1 aliphatic rings. The number of likely N-dealkylation sites (tertiary alicyclic amines) is 1. The number of nitrogens with zero attached hydrogens (tertiary/aromatic N) is 1. The van der Waals surface area contributed by atoms with Crippen molar-refractivity contribution in [3.63, 3.8) is 0 Å². The second-order valence-corrected chi connectivity index (χ2v) is 7.04. The van der Waals surface area contributed by atoms with Gasteiger partial charge in [-0.3, -0.25) is 14.7 Å². The van der Waals surface area contributed by atoms with E-state index < -0.39 is 17.3 Å². The van der Waals surface area contributed by atoms with Gasteiger partial charge in [-0.1, -0.05) is 6.07 Å². The van der Waals surface area contributed by atoms with Crippen LogP contribution in [0.4, 0.5) is 8.78 Å². The monoisotopic (exact) mass is 363 g/mol. The third-order valence-corrected chi connectivity index (χ3v) is 5.06. The van der Waals surface area contributed by atoms with E-state index in [-0.39, 0.29) is 5.56 Å². The van der Waals surface area contributed by atoms with Gasteiger partial charge in [-0.15, -0.1) is 0 Å². The van der Waals surface area contributed by atoms with Gasteiger partial charge in [0.05, 0.1) is 5.56 Å². The fourth-order valence-electron chi connectivity index (χ4n) is 3.64. The lowest BCUT2D eigenvalue weighted by molar-refractivity contribution is 0.161. The van der Waals surface area contributed by atoms with E-state index in [1.807, 2.05) is 0 Å². The molecule has 0 saturated carbocycles. The zero-order valence-corrected chi connectivity index (χ0v) is 14.8. The molecule has 1 aromatic carbocycles. The van der Waals surface area contributed by atoms with Gasteiger partial charge in [0.15, 0.2) is 11.6 Å². The molecule has 7 heteroatoms. The first-order valence-electron chi connectivity index (χ1n) is 8.90. The summed E-state index contributed by atoms with van der Waals surface area (Å²) < 4.78 is 26.3. The van der Waals surface area contributed by atoms with Crippen LogP contribution < -0.4 is 11.2 Å². The summed E-state index contributed by atoms with van der Waals surface area (Å²) in [7, 11) is 0. The molecule has 1 saturated heterocycles. The van der Waals surface area contributed by atoms with Crippen molar-refractivity contribution < 1.29 is 8.78 Å². The summed E-state index contributed by atoms with van der Waals surface area (Å²) in [4.78, 5) is 30.4. The molecule has 0 aliphatic carbocycles. The molecule has 0 bridgehead atoms. The van der Waals surface area contributed by atoms with Crippen LogP contribution in [-0.2, 0) is 13.0 Å². The average Bonchev–Trinajstić information content (AvgIpc) is 2.59. The summed E-state index contributed by atoms with van der Waals surface area (Å²) in [6.45, 7) is 3.98. The SMILES string of the molecule is Cc1[nH]c(=O)[nH]c(=O)c1CN1CCC[C@H](CCc2ccc(F)c(F)c2)C1. The lowest BCUT2D eigenvalue weighted by Gasteiger charge is -2.32. The van der Waals surface area contributed by atoms with Gasteiger partial charge in [-0.25, -0.2) is 13.6 Å². The molecule has 1 aromatic heterocycles. The molecule has 140 valence electrons. The topological polar surface area (TPSA) is 69.0 Å². The van der Waals surface area contributed by atoms with Crippen molar-refractivity contribution in [2.45, 2.75) is 39.2 Å². The molecule has 1 fully saturated rings. The van der Waals surface area contributed by atoms with Crippen LogP contribution in [0, 0.1) is 24.5 Å². The van der Waals surface area contributed by atoms with E-state index in [9.17, 15) is 18.4 Å². The van der Waals surface area contributed by atoms with Gasteiger partial charge in [0.2, 0.25) is 0 Å². The van der Waals surface area contributed by atoms with E-state index in [0.29, 0.717) is 30.1 Å². The highest BCUT2D eigenvalue weighted by molar-refractivity contribution is 5.18. The maximum atomic E-state index is 13.3. The Bertz CT molecular complexity index is 891. The summed E-state index contributed by atoms with van der Waals surface area (Å²) in [6, 6.07) is 4.06. The summed E-state index contributed by atoms with van der Waals surface area (Å²) in [6.07, 6.45) is 3.71. The number of halogens is 2. The largest absolute Gasteiger partial charge is 0.325 e. The predicted molar refractivity (Wildman–Crippen MR) is 95.1 cm³/mol. The maximum Gasteiger partial charge on any atom is 0.325 e. The van der Waals surface area contributed by atoms with Gasteiger partial charge in [0.1, 0.15) is 0 Å². The normalized spacial score (nSPS) is 18.2. The molecule has 0 unspecified atom stereocenters. The lowest BCUT2D eigenvalue weighted by atomic mass is 9.91. The van der Waals surface area contributed by atoms with Gasteiger partial charge in [-0.05, 0) is 62.8 Å². The Kier molecular flexibility index (Phi) is 5.66. The predicted octanol–water partition coefficient (Wildman–Crippen LogP) is 2.49. The van der Waals surface area contributed by atoms with E-state index in [1.165, 1.54) is 12.1 Å². The van der Waals surface area contributed by atoms with Crippen molar-refractivity contribution in [3.8, 4) is 0 Å². The Hall–Kier alpha value is -2.28. The molecule has 2 aromatic rings. The van der Waals surface area contributed by atoms with Crippen molar-refractivity contribution in [2.75, 3.05) is 13.1 Å². The number of hydrogen-bond donors (Lipinski definition) is 2. The van der Waals surface area contributed by atoms with Gasteiger partial charge < -0.3 is 4.98 Å². The highest BCUT2D eigenvalue weighted by Crippen LogP contribution is 2.23. The number of aromatic nitrogens is 2. The Balaban J connectivity index is 1.60. The first-order chi connectivity index (χ1) is 12.4. The zero-order chi connectivity index (χ0) is 18.7. The van der Waals surface area contributed by atoms with E-state index in [4.69, 9.17) is 0 Å². The number of nitrogens with one attached hydrogen (secondary N) is 2. The first-order valence-corrected chi connectivity index (χ1v) is 8.90. The minimum Gasteiger partial charge on any atom is -0.311 e.